The smallest absolute Gasteiger partial charge is 0.272 e. The van der Waals surface area contributed by atoms with Crippen LogP contribution < -0.4 is 19.9 Å². The van der Waals surface area contributed by atoms with Gasteiger partial charge in [0.1, 0.15) is 17.3 Å². The van der Waals surface area contributed by atoms with Gasteiger partial charge in [-0.2, -0.15) is 0 Å². The normalized spacial score (nSPS) is 17.5. The summed E-state index contributed by atoms with van der Waals surface area (Å²) in [6, 6.07) is 3.43. The molecule has 1 aliphatic carbocycles. The second-order valence-electron chi connectivity index (χ2n) is 8.16. The van der Waals surface area contributed by atoms with Crippen molar-refractivity contribution in [1.29, 1.82) is 0 Å². The SMILES string of the molecule is COc1cc(C(=O)N2CCC(c3cnc(N)cc3OC)CC2)ncc1OC1CCCC1. The molecular weight excluding hydrogens is 396 g/mol. The Labute approximate surface area is 182 Å². The Kier molecular flexibility index (Phi) is 6.44. The number of hydrogen-bond donors (Lipinski definition) is 1. The minimum absolute atomic E-state index is 0.0911. The highest BCUT2D eigenvalue weighted by Gasteiger charge is 2.28. The number of carbonyl (C=O) groups excluding carboxylic acids is 1. The molecule has 2 aromatic heterocycles. The van der Waals surface area contributed by atoms with Crippen LogP contribution in [0.25, 0.3) is 0 Å². The van der Waals surface area contributed by atoms with Crippen LogP contribution in [0.4, 0.5) is 5.82 Å². The van der Waals surface area contributed by atoms with Crippen molar-refractivity contribution in [3.8, 4) is 17.2 Å². The fraction of sp³-hybridized carbons (Fsp3) is 0.522. The first kappa shape index (κ1) is 21.2. The van der Waals surface area contributed by atoms with Crippen molar-refractivity contribution in [1.82, 2.24) is 14.9 Å². The summed E-state index contributed by atoms with van der Waals surface area (Å²) in [5.41, 5.74) is 7.18. The monoisotopic (exact) mass is 426 g/mol. The average molecular weight is 427 g/mol. The average Bonchev–Trinajstić information content (AvgIpc) is 3.32. The van der Waals surface area contributed by atoms with Crippen molar-refractivity contribution < 1.29 is 19.0 Å². The Morgan fingerprint density at radius 3 is 2.35 bits per heavy atom. The predicted molar refractivity (Wildman–Crippen MR) is 117 cm³/mol. The number of carbonyl (C=O) groups is 1. The standard InChI is InChI=1S/C23H30N4O4/c1-29-19-12-22(24)26-13-17(19)15-7-9-27(10-8-15)23(28)18-11-20(30-2)21(14-25-18)31-16-5-3-4-6-16/h11-16H,3-10H2,1-2H3,(H2,24,26). The number of ether oxygens (including phenoxy) is 3. The summed E-state index contributed by atoms with van der Waals surface area (Å²) in [7, 11) is 3.22. The molecule has 2 fully saturated rings. The minimum Gasteiger partial charge on any atom is -0.496 e. The van der Waals surface area contributed by atoms with Gasteiger partial charge in [0.15, 0.2) is 11.5 Å². The highest BCUT2D eigenvalue weighted by molar-refractivity contribution is 5.93. The van der Waals surface area contributed by atoms with Gasteiger partial charge in [0.2, 0.25) is 0 Å². The van der Waals surface area contributed by atoms with E-state index >= 15 is 0 Å². The van der Waals surface area contributed by atoms with Crippen LogP contribution in [-0.2, 0) is 0 Å². The molecule has 8 nitrogen and oxygen atoms in total. The number of nitrogen functional groups attached to an aromatic ring is 1. The lowest BCUT2D eigenvalue weighted by Gasteiger charge is -2.32. The number of methoxy groups -OCH3 is 2. The van der Waals surface area contributed by atoms with E-state index in [-0.39, 0.29) is 17.9 Å². The van der Waals surface area contributed by atoms with Gasteiger partial charge in [-0.3, -0.25) is 4.79 Å². The van der Waals surface area contributed by atoms with E-state index in [2.05, 4.69) is 9.97 Å². The van der Waals surface area contributed by atoms with Crippen molar-refractivity contribution in [2.75, 3.05) is 33.0 Å². The lowest BCUT2D eigenvalue weighted by molar-refractivity contribution is 0.0706. The zero-order chi connectivity index (χ0) is 21.8. The van der Waals surface area contributed by atoms with Gasteiger partial charge in [-0.25, -0.2) is 9.97 Å². The Morgan fingerprint density at radius 1 is 0.968 bits per heavy atom. The lowest BCUT2D eigenvalue weighted by atomic mass is 9.89. The molecule has 0 aromatic carbocycles. The molecule has 2 aromatic rings. The van der Waals surface area contributed by atoms with Crippen molar-refractivity contribution in [3.63, 3.8) is 0 Å². The van der Waals surface area contributed by atoms with Gasteiger partial charge in [0.05, 0.1) is 26.5 Å². The zero-order valence-electron chi connectivity index (χ0n) is 18.2. The number of nitrogens with two attached hydrogens (primary N) is 1. The highest BCUT2D eigenvalue weighted by atomic mass is 16.5. The topological polar surface area (TPSA) is 99.8 Å². The van der Waals surface area contributed by atoms with Gasteiger partial charge in [0, 0.05) is 37.0 Å². The fourth-order valence-corrected chi connectivity index (χ4v) is 4.48. The Bertz CT molecular complexity index is 922. The number of aromatic nitrogens is 2. The highest BCUT2D eigenvalue weighted by Crippen LogP contribution is 2.35. The van der Waals surface area contributed by atoms with Crippen LogP contribution in [0.1, 0.15) is 60.5 Å². The van der Waals surface area contributed by atoms with Crippen molar-refractivity contribution in [3.05, 3.63) is 35.8 Å². The number of pyridine rings is 2. The van der Waals surface area contributed by atoms with Crippen LogP contribution in [0.2, 0.25) is 0 Å². The Hall–Kier alpha value is -3.03. The first-order valence-electron chi connectivity index (χ1n) is 10.9. The molecule has 0 radical (unpaired) electrons. The number of nitrogens with zero attached hydrogens (tertiary/aromatic N) is 3. The Morgan fingerprint density at radius 2 is 1.68 bits per heavy atom. The molecule has 166 valence electrons. The van der Waals surface area contributed by atoms with Crippen LogP contribution in [-0.4, -0.2) is 54.2 Å². The first-order chi connectivity index (χ1) is 15.1. The van der Waals surface area contributed by atoms with E-state index in [0.29, 0.717) is 36.1 Å². The second kappa shape index (κ2) is 9.41. The molecule has 0 spiro atoms. The molecular formula is C23H30N4O4. The molecule has 1 saturated carbocycles. The molecule has 31 heavy (non-hydrogen) atoms. The maximum Gasteiger partial charge on any atom is 0.272 e. The Balaban J connectivity index is 1.41. The summed E-state index contributed by atoms with van der Waals surface area (Å²) in [6.45, 7) is 1.28. The maximum absolute atomic E-state index is 13.0. The van der Waals surface area contributed by atoms with E-state index in [4.69, 9.17) is 19.9 Å². The van der Waals surface area contributed by atoms with E-state index in [0.717, 1.165) is 37.0 Å². The van der Waals surface area contributed by atoms with Crippen LogP contribution >= 0.6 is 0 Å². The molecule has 1 amide bonds. The van der Waals surface area contributed by atoms with Crippen LogP contribution in [0, 0.1) is 0 Å². The summed E-state index contributed by atoms with van der Waals surface area (Å²) in [5.74, 6) is 2.53. The molecule has 2 aliphatic rings. The van der Waals surface area contributed by atoms with Gasteiger partial charge in [-0.15, -0.1) is 0 Å². The van der Waals surface area contributed by atoms with Crippen molar-refractivity contribution >= 4 is 11.7 Å². The largest absolute Gasteiger partial charge is 0.496 e. The van der Waals surface area contributed by atoms with Crippen molar-refractivity contribution in [2.45, 2.75) is 50.5 Å². The van der Waals surface area contributed by atoms with Gasteiger partial charge in [-0.1, -0.05) is 0 Å². The fourth-order valence-electron chi connectivity index (χ4n) is 4.48. The number of piperidine rings is 1. The minimum atomic E-state index is -0.0911. The number of likely N-dealkylation sites (tertiary alicyclic amines) is 1. The van der Waals surface area contributed by atoms with E-state index in [1.54, 1.807) is 38.7 Å². The molecule has 0 unspecified atom stereocenters. The van der Waals surface area contributed by atoms with E-state index in [1.165, 1.54) is 12.8 Å². The zero-order valence-corrected chi connectivity index (χ0v) is 18.2. The third kappa shape index (κ3) is 4.68. The first-order valence-corrected chi connectivity index (χ1v) is 10.9. The summed E-state index contributed by atoms with van der Waals surface area (Å²) in [5, 5.41) is 0. The van der Waals surface area contributed by atoms with Crippen LogP contribution in [0.5, 0.6) is 17.2 Å². The van der Waals surface area contributed by atoms with E-state index in [1.807, 2.05) is 4.90 Å². The molecule has 1 aliphatic heterocycles. The summed E-state index contributed by atoms with van der Waals surface area (Å²) in [6.07, 6.45) is 9.72. The van der Waals surface area contributed by atoms with Gasteiger partial charge < -0.3 is 24.8 Å². The molecule has 0 bridgehead atoms. The predicted octanol–water partition coefficient (Wildman–Crippen LogP) is 3.42. The molecule has 3 heterocycles. The molecule has 8 heteroatoms. The molecule has 4 rings (SSSR count). The van der Waals surface area contributed by atoms with Gasteiger partial charge in [-0.05, 0) is 44.4 Å². The number of amides is 1. The quantitative estimate of drug-likeness (QED) is 0.755. The number of rotatable bonds is 6. The third-order valence-corrected chi connectivity index (χ3v) is 6.22. The van der Waals surface area contributed by atoms with Gasteiger partial charge in [0.25, 0.3) is 5.91 Å². The second-order valence-corrected chi connectivity index (χ2v) is 8.16. The maximum atomic E-state index is 13.0. The number of anilines is 1. The van der Waals surface area contributed by atoms with Gasteiger partial charge >= 0.3 is 0 Å². The van der Waals surface area contributed by atoms with Crippen LogP contribution in [0.3, 0.4) is 0 Å². The molecule has 1 saturated heterocycles. The molecule has 2 N–H and O–H groups in total. The lowest BCUT2D eigenvalue weighted by Crippen LogP contribution is -2.38. The summed E-state index contributed by atoms with van der Waals surface area (Å²) >= 11 is 0. The summed E-state index contributed by atoms with van der Waals surface area (Å²) in [4.78, 5) is 23.5. The van der Waals surface area contributed by atoms with E-state index < -0.39 is 0 Å². The number of hydrogen-bond acceptors (Lipinski definition) is 7. The molecule has 0 atom stereocenters. The summed E-state index contributed by atoms with van der Waals surface area (Å²) < 4.78 is 17.0. The van der Waals surface area contributed by atoms with E-state index in [9.17, 15) is 4.79 Å². The third-order valence-electron chi connectivity index (χ3n) is 6.22. The van der Waals surface area contributed by atoms with Crippen LogP contribution in [0.15, 0.2) is 24.5 Å². The van der Waals surface area contributed by atoms with Crippen molar-refractivity contribution in [2.24, 2.45) is 0 Å².